The van der Waals surface area contributed by atoms with Crippen molar-refractivity contribution in [3.63, 3.8) is 0 Å². The van der Waals surface area contributed by atoms with E-state index in [1.54, 1.807) is 7.11 Å². The van der Waals surface area contributed by atoms with Gasteiger partial charge in [-0.15, -0.1) is 0 Å². The first kappa shape index (κ1) is 21.2. The van der Waals surface area contributed by atoms with E-state index in [0.29, 0.717) is 26.3 Å². The summed E-state index contributed by atoms with van der Waals surface area (Å²) in [6.07, 6.45) is 1.61. The number of aryl methyl sites for hydroxylation is 1. The third kappa shape index (κ3) is 4.39. The zero-order valence-electron chi connectivity index (χ0n) is 18.5. The maximum Gasteiger partial charge on any atom is 0.318 e. The van der Waals surface area contributed by atoms with Gasteiger partial charge in [0.25, 0.3) is 0 Å². The highest BCUT2D eigenvalue weighted by Crippen LogP contribution is 2.39. The lowest BCUT2D eigenvalue weighted by Gasteiger charge is -2.36. The zero-order valence-corrected chi connectivity index (χ0v) is 18.5. The monoisotopic (exact) mass is 421 g/mol. The summed E-state index contributed by atoms with van der Waals surface area (Å²) in [4.78, 5) is 18.7. The molecule has 6 nitrogen and oxygen atoms in total. The Kier molecular flexibility index (Phi) is 6.47. The van der Waals surface area contributed by atoms with Gasteiger partial charge >= 0.3 is 6.03 Å². The summed E-state index contributed by atoms with van der Waals surface area (Å²) in [7, 11) is 1.69. The summed E-state index contributed by atoms with van der Waals surface area (Å²) in [6.45, 7) is 6.68. The predicted molar refractivity (Wildman–Crippen MR) is 123 cm³/mol. The number of rotatable bonds is 7. The zero-order chi connectivity index (χ0) is 21.8. The first-order chi connectivity index (χ1) is 15.1. The lowest BCUT2D eigenvalue weighted by molar-refractivity contribution is 0.143. The van der Waals surface area contributed by atoms with Crippen molar-refractivity contribution in [3.05, 3.63) is 64.8 Å². The second-order valence-electron chi connectivity index (χ2n) is 7.97. The molecule has 0 spiro atoms. The number of ether oxygens (including phenoxy) is 2. The lowest BCUT2D eigenvalue weighted by atomic mass is 9.92. The number of carbonyl (C=O) groups is 1. The number of fused-ring (bicyclic) bond motifs is 3. The molecule has 0 saturated carbocycles. The van der Waals surface area contributed by atoms with Crippen LogP contribution in [0.2, 0.25) is 0 Å². The highest BCUT2D eigenvalue weighted by Gasteiger charge is 2.34. The highest BCUT2D eigenvalue weighted by atomic mass is 16.5. The maximum absolute atomic E-state index is 13.1. The smallest absolute Gasteiger partial charge is 0.318 e. The first-order valence-electron chi connectivity index (χ1n) is 11.0. The lowest BCUT2D eigenvalue weighted by Crippen LogP contribution is -2.46. The third-order valence-electron chi connectivity index (χ3n) is 5.93. The minimum absolute atomic E-state index is 0.0380. The third-order valence-corrected chi connectivity index (χ3v) is 5.93. The standard InChI is InChI=1S/C25H31N3O3/c1-4-31-15-5-13-26-25(29)28-14-12-20-21-16-19(30-3)10-11-22(21)27-23(20)24(28)18-8-6-17(2)7-9-18/h6-11,16,24,27H,4-5,12-15H2,1-3H3,(H,26,29)/t24-/m0/s1. The Hall–Kier alpha value is -2.99. The molecule has 0 bridgehead atoms. The van der Waals surface area contributed by atoms with Crippen molar-refractivity contribution in [2.45, 2.75) is 32.7 Å². The number of benzene rings is 2. The van der Waals surface area contributed by atoms with Gasteiger partial charge in [0.1, 0.15) is 5.75 Å². The molecular weight excluding hydrogens is 390 g/mol. The number of nitrogens with one attached hydrogen (secondary N) is 2. The van der Waals surface area contributed by atoms with E-state index >= 15 is 0 Å². The van der Waals surface area contributed by atoms with Gasteiger partial charge in [-0.05, 0) is 56.0 Å². The van der Waals surface area contributed by atoms with E-state index in [0.717, 1.165) is 35.4 Å². The molecule has 1 aliphatic heterocycles. The minimum Gasteiger partial charge on any atom is -0.497 e. The van der Waals surface area contributed by atoms with Crippen LogP contribution in [0.3, 0.4) is 0 Å². The molecule has 0 fully saturated rings. The Morgan fingerprint density at radius 3 is 2.77 bits per heavy atom. The normalized spacial score (nSPS) is 15.7. The van der Waals surface area contributed by atoms with E-state index in [9.17, 15) is 4.79 Å². The summed E-state index contributed by atoms with van der Waals surface area (Å²) < 4.78 is 10.8. The molecule has 164 valence electrons. The van der Waals surface area contributed by atoms with Gasteiger partial charge in [-0.25, -0.2) is 4.79 Å². The number of aromatic nitrogens is 1. The molecule has 2 heterocycles. The Labute approximate surface area is 183 Å². The molecule has 1 aromatic heterocycles. The molecule has 6 heteroatoms. The van der Waals surface area contributed by atoms with E-state index in [1.807, 2.05) is 17.9 Å². The van der Waals surface area contributed by atoms with Crippen LogP contribution in [-0.4, -0.2) is 49.3 Å². The second kappa shape index (κ2) is 9.43. The van der Waals surface area contributed by atoms with Crippen molar-refractivity contribution in [2.75, 3.05) is 33.4 Å². The number of carbonyl (C=O) groups excluding carboxylic acids is 1. The van der Waals surface area contributed by atoms with Gasteiger partial charge in [0.2, 0.25) is 0 Å². The molecule has 0 saturated heterocycles. The molecule has 2 amide bonds. The molecule has 2 N–H and O–H groups in total. The van der Waals surface area contributed by atoms with Gasteiger partial charge in [0.15, 0.2) is 0 Å². The van der Waals surface area contributed by atoms with Crippen molar-refractivity contribution in [1.29, 1.82) is 0 Å². The van der Waals surface area contributed by atoms with Crippen molar-refractivity contribution < 1.29 is 14.3 Å². The van der Waals surface area contributed by atoms with Gasteiger partial charge in [-0.2, -0.15) is 0 Å². The van der Waals surface area contributed by atoms with Crippen molar-refractivity contribution in [2.24, 2.45) is 0 Å². The van der Waals surface area contributed by atoms with Crippen LogP contribution in [-0.2, 0) is 11.2 Å². The summed E-state index contributed by atoms with van der Waals surface area (Å²) in [5.74, 6) is 0.843. The van der Waals surface area contributed by atoms with Crippen LogP contribution in [0.25, 0.3) is 10.9 Å². The SMILES string of the molecule is CCOCCCNC(=O)N1CCc2c([nH]c3ccc(OC)cc23)[C@@H]1c1ccc(C)cc1. The van der Waals surface area contributed by atoms with Crippen LogP contribution in [0.1, 0.15) is 41.8 Å². The molecule has 0 aliphatic carbocycles. The quantitative estimate of drug-likeness (QED) is 0.549. The molecule has 0 unspecified atom stereocenters. The van der Waals surface area contributed by atoms with Crippen LogP contribution in [0.5, 0.6) is 5.75 Å². The minimum atomic E-state index is -0.158. The van der Waals surface area contributed by atoms with Crippen LogP contribution < -0.4 is 10.1 Å². The molecular formula is C25H31N3O3. The molecule has 1 aliphatic rings. The molecule has 31 heavy (non-hydrogen) atoms. The molecule has 0 radical (unpaired) electrons. The Balaban J connectivity index is 1.67. The molecule has 4 rings (SSSR count). The topological polar surface area (TPSA) is 66.6 Å². The van der Waals surface area contributed by atoms with Gasteiger partial charge in [0.05, 0.1) is 13.2 Å². The predicted octanol–water partition coefficient (Wildman–Crippen LogP) is 4.57. The Morgan fingerprint density at radius 2 is 2.03 bits per heavy atom. The van der Waals surface area contributed by atoms with Crippen molar-refractivity contribution >= 4 is 16.9 Å². The van der Waals surface area contributed by atoms with Gasteiger partial charge in [-0.3, -0.25) is 0 Å². The van der Waals surface area contributed by atoms with E-state index < -0.39 is 0 Å². The first-order valence-corrected chi connectivity index (χ1v) is 11.0. The molecule has 1 atom stereocenters. The molecule has 2 aromatic carbocycles. The molecule has 3 aromatic rings. The Morgan fingerprint density at radius 1 is 1.23 bits per heavy atom. The maximum atomic E-state index is 13.1. The summed E-state index contributed by atoms with van der Waals surface area (Å²) in [6, 6.07) is 14.4. The average Bonchev–Trinajstić information content (AvgIpc) is 3.16. The second-order valence-corrected chi connectivity index (χ2v) is 7.97. The van der Waals surface area contributed by atoms with Crippen LogP contribution in [0.4, 0.5) is 4.79 Å². The fourth-order valence-corrected chi connectivity index (χ4v) is 4.32. The highest BCUT2D eigenvalue weighted by molar-refractivity contribution is 5.87. The number of hydrogen-bond acceptors (Lipinski definition) is 3. The number of nitrogens with zero attached hydrogens (tertiary/aromatic N) is 1. The largest absolute Gasteiger partial charge is 0.497 e. The summed E-state index contributed by atoms with van der Waals surface area (Å²) >= 11 is 0. The van der Waals surface area contributed by atoms with E-state index in [1.165, 1.54) is 16.5 Å². The number of hydrogen-bond donors (Lipinski definition) is 2. The number of aromatic amines is 1. The number of methoxy groups -OCH3 is 1. The van der Waals surface area contributed by atoms with Crippen LogP contribution in [0.15, 0.2) is 42.5 Å². The van der Waals surface area contributed by atoms with E-state index in [-0.39, 0.29) is 12.1 Å². The number of amides is 2. The van der Waals surface area contributed by atoms with Crippen molar-refractivity contribution in [1.82, 2.24) is 15.2 Å². The number of H-pyrrole nitrogens is 1. The fourth-order valence-electron chi connectivity index (χ4n) is 4.32. The Bertz CT molecular complexity index is 1040. The van der Waals surface area contributed by atoms with Gasteiger partial charge in [0, 0.05) is 42.9 Å². The number of urea groups is 1. The summed E-state index contributed by atoms with van der Waals surface area (Å²) in [5.41, 5.74) is 5.73. The van der Waals surface area contributed by atoms with Gasteiger partial charge < -0.3 is 24.7 Å². The van der Waals surface area contributed by atoms with Crippen LogP contribution in [0, 0.1) is 6.92 Å². The van der Waals surface area contributed by atoms with E-state index in [4.69, 9.17) is 9.47 Å². The average molecular weight is 422 g/mol. The van der Waals surface area contributed by atoms with Gasteiger partial charge in [-0.1, -0.05) is 29.8 Å². The van der Waals surface area contributed by atoms with E-state index in [2.05, 4.69) is 53.6 Å². The van der Waals surface area contributed by atoms with Crippen molar-refractivity contribution in [3.8, 4) is 5.75 Å². The fraction of sp³-hybridized carbons (Fsp3) is 0.400. The summed E-state index contributed by atoms with van der Waals surface area (Å²) in [5, 5.41) is 4.25. The van der Waals surface area contributed by atoms with Crippen LogP contribution >= 0.6 is 0 Å².